The first-order valence-corrected chi connectivity index (χ1v) is 7.52. The number of benzene rings is 1. The molecular formula is C16H13BrN2O4. The summed E-state index contributed by atoms with van der Waals surface area (Å²) in [5.41, 5.74) is 1.83. The van der Waals surface area contributed by atoms with Crippen LogP contribution in [-0.2, 0) is 0 Å². The first-order valence-electron chi connectivity index (χ1n) is 6.73. The van der Waals surface area contributed by atoms with Crippen molar-refractivity contribution < 1.29 is 19.1 Å². The minimum Gasteiger partial charge on any atom is -0.497 e. The number of furan rings is 1. The number of hydrogen-bond acceptors (Lipinski definition) is 4. The van der Waals surface area contributed by atoms with E-state index in [2.05, 4.69) is 21.0 Å². The van der Waals surface area contributed by atoms with Gasteiger partial charge in [-0.15, -0.1) is 0 Å². The lowest BCUT2D eigenvalue weighted by atomic mass is 10.1. The highest BCUT2D eigenvalue weighted by molar-refractivity contribution is 9.10. The van der Waals surface area contributed by atoms with Crippen molar-refractivity contribution in [2.75, 3.05) is 7.11 Å². The zero-order valence-corrected chi connectivity index (χ0v) is 14.0. The fraction of sp³-hybridized carbons (Fsp3) is 0.125. The van der Waals surface area contributed by atoms with E-state index < -0.39 is 5.97 Å². The molecular weight excluding hydrogens is 364 g/mol. The van der Waals surface area contributed by atoms with E-state index in [0.717, 1.165) is 4.47 Å². The van der Waals surface area contributed by atoms with Crippen molar-refractivity contribution in [1.82, 2.24) is 9.78 Å². The van der Waals surface area contributed by atoms with Crippen molar-refractivity contribution in [2.24, 2.45) is 0 Å². The highest BCUT2D eigenvalue weighted by Crippen LogP contribution is 2.32. The number of nitrogens with zero attached hydrogens (tertiary/aromatic N) is 2. The molecule has 0 saturated heterocycles. The minimum atomic E-state index is -1.08. The van der Waals surface area contributed by atoms with Gasteiger partial charge < -0.3 is 14.3 Å². The summed E-state index contributed by atoms with van der Waals surface area (Å²) in [7, 11) is 1.58. The molecule has 0 radical (unpaired) electrons. The monoisotopic (exact) mass is 376 g/mol. The Balaban J connectivity index is 2.21. The Bertz CT molecular complexity index is 865. The molecule has 1 aromatic carbocycles. The Morgan fingerprint density at radius 1 is 1.35 bits per heavy atom. The van der Waals surface area contributed by atoms with Gasteiger partial charge in [-0.25, -0.2) is 9.48 Å². The SMILES string of the molecule is COc1ccc(-n2nc(C(=O)O)c(C)c2-c2cc(Br)co2)cc1. The maximum absolute atomic E-state index is 11.4. The van der Waals surface area contributed by atoms with E-state index in [1.165, 1.54) is 0 Å². The highest BCUT2D eigenvalue weighted by Gasteiger charge is 2.23. The lowest BCUT2D eigenvalue weighted by molar-refractivity contribution is 0.0689. The lowest BCUT2D eigenvalue weighted by Crippen LogP contribution is -2.02. The number of methoxy groups -OCH3 is 1. The van der Waals surface area contributed by atoms with E-state index >= 15 is 0 Å². The molecule has 0 aliphatic carbocycles. The van der Waals surface area contributed by atoms with Crippen molar-refractivity contribution in [3.05, 3.63) is 52.3 Å². The van der Waals surface area contributed by atoms with E-state index in [4.69, 9.17) is 9.15 Å². The number of aromatic nitrogens is 2. The maximum Gasteiger partial charge on any atom is 0.356 e. The molecule has 0 spiro atoms. The Morgan fingerprint density at radius 3 is 2.57 bits per heavy atom. The summed E-state index contributed by atoms with van der Waals surface area (Å²) in [6.07, 6.45) is 1.54. The van der Waals surface area contributed by atoms with Crippen LogP contribution in [-0.4, -0.2) is 28.0 Å². The van der Waals surface area contributed by atoms with Crippen LogP contribution in [0.5, 0.6) is 5.75 Å². The highest BCUT2D eigenvalue weighted by atomic mass is 79.9. The smallest absolute Gasteiger partial charge is 0.356 e. The van der Waals surface area contributed by atoms with Crippen molar-refractivity contribution in [1.29, 1.82) is 0 Å². The van der Waals surface area contributed by atoms with E-state index in [1.54, 1.807) is 55.3 Å². The number of carboxylic acid groups (broad SMARTS) is 1. The van der Waals surface area contributed by atoms with Crippen LogP contribution in [0.15, 0.2) is 45.5 Å². The van der Waals surface area contributed by atoms with Gasteiger partial charge in [0.25, 0.3) is 0 Å². The summed E-state index contributed by atoms with van der Waals surface area (Å²) < 4.78 is 13.0. The van der Waals surface area contributed by atoms with Crippen LogP contribution >= 0.6 is 15.9 Å². The molecule has 0 unspecified atom stereocenters. The molecule has 2 aromatic heterocycles. The topological polar surface area (TPSA) is 77.5 Å². The minimum absolute atomic E-state index is 0.0108. The van der Waals surface area contributed by atoms with Crippen LogP contribution in [0.4, 0.5) is 0 Å². The van der Waals surface area contributed by atoms with Gasteiger partial charge in [0, 0.05) is 11.6 Å². The Hall–Kier alpha value is -2.54. The fourth-order valence-electron chi connectivity index (χ4n) is 2.34. The molecule has 23 heavy (non-hydrogen) atoms. The Labute approximate surface area is 140 Å². The van der Waals surface area contributed by atoms with Crippen LogP contribution in [0.1, 0.15) is 16.1 Å². The van der Waals surface area contributed by atoms with Crippen LogP contribution in [0.25, 0.3) is 17.1 Å². The van der Waals surface area contributed by atoms with Crippen molar-refractivity contribution >= 4 is 21.9 Å². The van der Waals surface area contributed by atoms with E-state index in [0.29, 0.717) is 28.5 Å². The number of carbonyl (C=O) groups is 1. The zero-order chi connectivity index (χ0) is 16.6. The summed E-state index contributed by atoms with van der Waals surface area (Å²) in [5.74, 6) is 0.158. The molecule has 0 aliphatic rings. The third-order valence-electron chi connectivity index (χ3n) is 3.44. The number of hydrogen-bond donors (Lipinski definition) is 1. The molecule has 0 bridgehead atoms. The largest absolute Gasteiger partial charge is 0.497 e. The standard InChI is InChI=1S/C16H13BrN2O4/c1-9-14(16(20)21)18-19(11-3-5-12(22-2)6-4-11)15(9)13-7-10(17)8-23-13/h3-8H,1-2H3,(H,20,21). The quantitative estimate of drug-likeness (QED) is 0.746. The van der Waals surface area contributed by atoms with Crippen LogP contribution < -0.4 is 4.74 Å². The second-order valence-electron chi connectivity index (χ2n) is 4.87. The van der Waals surface area contributed by atoms with Crippen molar-refractivity contribution in [3.63, 3.8) is 0 Å². The van der Waals surface area contributed by atoms with Gasteiger partial charge in [0.2, 0.25) is 0 Å². The third-order valence-corrected chi connectivity index (χ3v) is 3.86. The maximum atomic E-state index is 11.4. The molecule has 0 saturated carbocycles. The first kappa shape index (κ1) is 15.4. The normalized spacial score (nSPS) is 10.7. The molecule has 0 amide bonds. The average Bonchev–Trinajstić information content (AvgIpc) is 3.10. The lowest BCUT2D eigenvalue weighted by Gasteiger charge is -2.07. The second kappa shape index (κ2) is 5.92. The van der Waals surface area contributed by atoms with Crippen LogP contribution in [0, 0.1) is 6.92 Å². The Morgan fingerprint density at radius 2 is 2.04 bits per heavy atom. The first-order chi connectivity index (χ1) is 11.0. The predicted molar refractivity (Wildman–Crippen MR) is 87.2 cm³/mol. The number of carboxylic acids is 1. The summed E-state index contributed by atoms with van der Waals surface area (Å²) in [6, 6.07) is 8.95. The van der Waals surface area contributed by atoms with Gasteiger partial charge in [0.05, 0.1) is 17.3 Å². The summed E-state index contributed by atoms with van der Waals surface area (Å²) >= 11 is 3.33. The summed E-state index contributed by atoms with van der Waals surface area (Å²) in [6.45, 7) is 1.71. The number of aromatic carboxylic acids is 1. The van der Waals surface area contributed by atoms with Crippen LogP contribution in [0.3, 0.4) is 0 Å². The average molecular weight is 377 g/mol. The zero-order valence-electron chi connectivity index (χ0n) is 12.4. The molecule has 1 N–H and O–H groups in total. The molecule has 0 fully saturated rings. The molecule has 7 heteroatoms. The van der Waals surface area contributed by atoms with Gasteiger partial charge >= 0.3 is 5.97 Å². The van der Waals surface area contributed by atoms with Gasteiger partial charge in [-0.3, -0.25) is 0 Å². The molecule has 0 atom stereocenters. The predicted octanol–water partition coefficient (Wildman–Crippen LogP) is 3.91. The molecule has 118 valence electrons. The number of ether oxygens (including phenoxy) is 1. The molecule has 6 nitrogen and oxygen atoms in total. The van der Waals surface area contributed by atoms with Gasteiger partial charge in [-0.1, -0.05) is 0 Å². The second-order valence-corrected chi connectivity index (χ2v) is 5.78. The van der Waals surface area contributed by atoms with E-state index in [1.807, 2.05) is 0 Å². The van der Waals surface area contributed by atoms with Gasteiger partial charge in [0.1, 0.15) is 17.7 Å². The van der Waals surface area contributed by atoms with E-state index in [-0.39, 0.29) is 5.69 Å². The van der Waals surface area contributed by atoms with Gasteiger partial charge in [-0.05, 0) is 47.1 Å². The van der Waals surface area contributed by atoms with Gasteiger partial charge in [0.15, 0.2) is 11.5 Å². The molecule has 3 rings (SSSR count). The van der Waals surface area contributed by atoms with Crippen LogP contribution in [0.2, 0.25) is 0 Å². The number of halogens is 1. The van der Waals surface area contributed by atoms with Gasteiger partial charge in [-0.2, -0.15) is 5.10 Å². The van der Waals surface area contributed by atoms with Crippen molar-refractivity contribution in [3.8, 4) is 22.9 Å². The fourth-order valence-corrected chi connectivity index (χ4v) is 2.64. The Kier molecular flexibility index (Phi) is 3.96. The summed E-state index contributed by atoms with van der Waals surface area (Å²) in [5, 5.41) is 13.6. The van der Waals surface area contributed by atoms with E-state index in [9.17, 15) is 9.90 Å². The van der Waals surface area contributed by atoms with Crippen molar-refractivity contribution in [2.45, 2.75) is 6.92 Å². The molecule has 0 aliphatic heterocycles. The molecule has 3 aromatic rings. The third kappa shape index (κ3) is 2.75. The summed E-state index contributed by atoms with van der Waals surface area (Å²) in [4.78, 5) is 11.4. The molecule has 2 heterocycles. The number of rotatable bonds is 4.